The molecule has 0 aliphatic heterocycles. The minimum absolute atomic E-state index is 0.00414. The van der Waals surface area contributed by atoms with E-state index in [1.807, 2.05) is 26.8 Å². The third-order valence-electron chi connectivity index (χ3n) is 3.99. The van der Waals surface area contributed by atoms with Gasteiger partial charge in [-0.1, -0.05) is 11.8 Å². The van der Waals surface area contributed by atoms with Gasteiger partial charge >= 0.3 is 0 Å². The number of non-ortho nitro benzene ring substituents is 1. The maximum atomic E-state index is 10.8. The molecule has 0 amide bonds. The van der Waals surface area contributed by atoms with Gasteiger partial charge < -0.3 is 4.42 Å². The Balaban J connectivity index is 1.54. The highest BCUT2D eigenvalue weighted by Gasteiger charge is 2.19. The highest BCUT2D eigenvalue weighted by atomic mass is 32.2. The number of hydrogen-bond acceptors (Lipinski definition) is 9. The maximum Gasteiger partial charge on any atom is 0.269 e. The molecule has 11 heteroatoms. The van der Waals surface area contributed by atoms with Gasteiger partial charge in [0.2, 0.25) is 16.9 Å². The van der Waals surface area contributed by atoms with E-state index in [4.69, 9.17) is 4.42 Å². The van der Waals surface area contributed by atoms with E-state index in [1.54, 1.807) is 16.6 Å². The first kappa shape index (κ1) is 18.0. The van der Waals surface area contributed by atoms with Crippen LogP contribution in [0.4, 0.5) is 5.69 Å². The molecule has 0 fully saturated rings. The van der Waals surface area contributed by atoms with Gasteiger partial charge in [-0.25, -0.2) is 9.50 Å². The van der Waals surface area contributed by atoms with Gasteiger partial charge in [-0.15, -0.1) is 15.3 Å². The molecule has 0 saturated heterocycles. The SMILES string of the molecule is Cc1cc(C)n2nc(S[C@@H](C)c3nnc(-c4ccc([N+](=O)[O-])cc4)o3)nc2n1. The maximum absolute atomic E-state index is 10.8. The van der Waals surface area contributed by atoms with E-state index in [1.165, 1.54) is 23.9 Å². The van der Waals surface area contributed by atoms with Crippen LogP contribution in [0.1, 0.15) is 29.5 Å². The Morgan fingerprint density at radius 2 is 1.93 bits per heavy atom. The Labute approximate surface area is 163 Å². The summed E-state index contributed by atoms with van der Waals surface area (Å²) in [5, 5.41) is 23.7. The van der Waals surface area contributed by atoms with Crippen molar-refractivity contribution in [3.05, 3.63) is 57.7 Å². The van der Waals surface area contributed by atoms with Crippen molar-refractivity contribution in [1.29, 1.82) is 0 Å². The summed E-state index contributed by atoms with van der Waals surface area (Å²) in [7, 11) is 0. The van der Waals surface area contributed by atoms with Crippen molar-refractivity contribution in [2.75, 3.05) is 0 Å². The molecule has 28 heavy (non-hydrogen) atoms. The fourth-order valence-corrected chi connectivity index (χ4v) is 3.42. The monoisotopic (exact) mass is 397 g/mol. The number of hydrogen-bond donors (Lipinski definition) is 0. The Morgan fingerprint density at radius 3 is 2.64 bits per heavy atom. The highest BCUT2D eigenvalue weighted by molar-refractivity contribution is 7.99. The Morgan fingerprint density at radius 1 is 1.18 bits per heavy atom. The van der Waals surface area contributed by atoms with Crippen LogP contribution in [0.15, 0.2) is 39.9 Å². The standard InChI is InChI=1S/C17H15N7O3S/c1-9-8-10(2)23-16(18-9)19-17(22-23)28-11(3)14-20-21-15(27-14)12-4-6-13(7-5-12)24(25)26/h4-8,11H,1-3H3/t11-/m0/s1. The number of benzene rings is 1. The Bertz CT molecular complexity index is 1170. The van der Waals surface area contributed by atoms with Crippen LogP contribution in [-0.4, -0.2) is 34.7 Å². The van der Waals surface area contributed by atoms with Gasteiger partial charge in [0.1, 0.15) is 0 Å². The van der Waals surface area contributed by atoms with E-state index in [2.05, 4.69) is 25.3 Å². The van der Waals surface area contributed by atoms with E-state index in [0.717, 1.165) is 11.4 Å². The topological polar surface area (TPSA) is 125 Å². The van der Waals surface area contributed by atoms with Gasteiger partial charge in [0.15, 0.2) is 0 Å². The number of thioether (sulfide) groups is 1. The van der Waals surface area contributed by atoms with Gasteiger partial charge in [-0.05, 0) is 39.0 Å². The highest BCUT2D eigenvalue weighted by Crippen LogP contribution is 2.33. The fourth-order valence-electron chi connectivity index (χ4n) is 2.65. The van der Waals surface area contributed by atoms with Crippen LogP contribution in [0.5, 0.6) is 0 Å². The number of nitro benzene ring substituents is 1. The van der Waals surface area contributed by atoms with Crippen LogP contribution in [0.2, 0.25) is 0 Å². The van der Waals surface area contributed by atoms with Crippen LogP contribution in [-0.2, 0) is 0 Å². The zero-order valence-electron chi connectivity index (χ0n) is 15.2. The predicted molar refractivity (Wildman–Crippen MR) is 101 cm³/mol. The molecule has 0 N–H and O–H groups in total. The third-order valence-corrected chi connectivity index (χ3v) is 4.93. The number of aromatic nitrogens is 6. The summed E-state index contributed by atoms with van der Waals surface area (Å²) in [5.41, 5.74) is 2.45. The van der Waals surface area contributed by atoms with Crippen LogP contribution < -0.4 is 0 Å². The first-order chi connectivity index (χ1) is 13.4. The van der Waals surface area contributed by atoms with Crippen molar-refractivity contribution in [3.63, 3.8) is 0 Å². The second-order valence-corrected chi connectivity index (χ2v) is 7.46. The lowest BCUT2D eigenvalue weighted by molar-refractivity contribution is -0.384. The summed E-state index contributed by atoms with van der Waals surface area (Å²) in [6.07, 6.45) is 0. The zero-order valence-corrected chi connectivity index (χ0v) is 16.0. The quantitative estimate of drug-likeness (QED) is 0.282. The molecular formula is C17H15N7O3S. The lowest BCUT2D eigenvalue weighted by atomic mass is 10.2. The molecule has 0 radical (unpaired) electrons. The first-order valence-corrected chi connectivity index (χ1v) is 9.24. The van der Waals surface area contributed by atoms with Gasteiger partial charge in [-0.3, -0.25) is 10.1 Å². The summed E-state index contributed by atoms with van der Waals surface area (Å²) in [6, 6.07) is 7.89. The number of rotatable bonds is 5. The van der Waals surface area contributed by atoms with E-state index < -0.39 is 4.92 Å². The average molecular weight is 397 g/mol. The zero-order chi connectivity index (χ0) is 19.8. The molecule has 3 aromatic heterocycles. The van der Waals surface area contributed by atoms with Crippen LogP contribution in [0.3, 0.4) is 0 Å². The van der Waals surface area contributed by atoms with Crippen molar-refractivity contribution < 1.29 is 9.34 Å². The van der Waals surface area contributed by atoms with Gasteiger partial charge in [-0.2, -0.15) is 4.98 Å². The molecule has 1 atom stereocenters. The molecule has 0 aliphatic rings. The third kappa shape index (κ3) is 3.43. The summed E-state index contributed by atoms with van der Waals surface area (Å²) < 4.78 is 7.42. The van der Waals surface area contributed by atoms with Gasteiger partial charge in [0.05, 0.1) is 10.2 Å². The molecule has 4 aromatic rings. The predicted octanol–water partition coefficient (Wildman–Crippen LogP) is 3.55. The second kappa shape index (κ2) is 7.00. The largest absolute Gasteiger partial charge is 0.419 e. The second-order valence-electron chi connectivity index (χ2n) is 6.15. The van der Waals surface area contributed by atoms with E-state index in [0.29, 0.717) is 28.3 Å². The van der Waals surface area contributed by atoms with Crippen molar-refractivity contribution in [1.82, 2.24) is 29.8 Å². The van der Waals surface area contributed by atoms with Crippen molar-refractivity contribution >= 4 is 23.2 Å². The molecule has 0 unspecified atom stereocenters. The molecule has 3 heterocycles. The summed E-state index contributed by atoms with van der Waals surface area (Å²) in [4.78, 5) is 19.1. The van der Waals surface area contributed by atoms with Crippen molar-refractivity contribution in [3.8, 4) is 11.5 Å². The number of nitrogens with zero attached hydrogens (tertiary/aromatic N) is 7. The van der Waals surface area contributed by atoms with Crippen molar-refractivity contribution in [2.24, 2.45) is 0 Å². The normalized spacial score (nSPS) is 12.4. The molecule has 1 aromatic carbocycles. The van der Waals surface area contributed by atoms with Crippen LogP contribution >= 0.6 is 11.8 Å². The molecule has 0 aliphatic carbocycles. The smallest absolute Gasteiger partial charge is 0.269 e. The lowest BCUT2D eigenvalue weighted by Crippen LogP contribution is -1.97. The van der Waals surface area contributed by atoms with Crippen molar-refractivity contribution in [2.45, 2.75) is 31.2 Å². The number of nitro groups is 1. The van der Waals surface area contributed by atoms with Gasteiger partial charge in [0.25, 0.3) is 11.5 Å². The molecule has 142 valence electrons. The summed E-state index contributed by atoms with van der Waals surface area (Å²) >= 11 is 1.38. The minimum Gasteiger partial charge on any atom is -0.419 e. The van der Waals surface area contributed by atoms with E-state index in [9.17, 15) is 10.1 Å². The fraction of sp³-hybridized carbons (Fsp3) is 0.235. The summed E-state index contributed by atoms with van der Waals surface area (Å²) in [6.45, 7) is 5.77. The van der Waals surface area contributed by atoms with Gasteiger partial charge in [0, 0.05) is 29.1 Å². The minimum atomic E-state index is -0.457. The molecule has 0 spiro atoms. The van der Waals surface area contributed by atoms with Crippen LogP contribution in [0.25, 0.3) is 17.2 Å². The number of aryl methyl sites for hydroxylation is 2. The Hall–Kier alpha value is -3.34. The number of fused-ring (bicyclic) bond motifs is 1. The van der Waals surface area contributed by atoms with Crippen LogP contribution in [0, 0.1) is 24.0 Å². The first-order valence-electron chi connectivity index (χ1n) is 8.36. The molecule has 0 bridgehead atoms. The molecule has 10 nitrogen and oxygen atoms in total. The summed E-state index contributed by atoms with van der Waals surface area (Å²) in [5.74, 6) is 1.26. The lowest BCUT2D eigenvalue weighted by Gasteiger charge is -2.02. The molecule has 0 saturated carbocycles. The molecule has 4 rings (SSSR count). The van der Waals surface area contributed by atoms with E-state index >= 15 is 0 Å². The Kier molecular flexibility index (Phi) is 4.51. The molecular weight excluding hydrogens is 382 g/mol. The van der Waals surface area contributed by atoms with E-state index in [-0.39, 0.29) is 10.9 Å². The average Bonchev–Trinajstić information content (AvgIpc) is 3.29.